The maximum absolute atomic E-state index is 11.6. The van der Waals surface area contributed by atoms with E-state index in [1.54, 1.807) is 7.05 Å². The summed E-state index contributed by atoms with van der Waals surface area (Å²) in [6.45, 7) is 2.25. The largest absolute Gasteiger partial charge is 0.479 e. The van der Waals surface area contributed by atoms with Crippen molar-refractivity contribution in [2.45, 2.75) is 18.9 Å². The molecule has 0 saturated heterocycles. The Morgan fingerprint density at radius 3 is 2.22 bits per heavy atom. The summed E-state index contributed by atoms with van der Waals surface area (Å²) < 4.78 is 0. The molecular formula is C11H23N3O4. The molecule has 7 nitrogen and oxygen atoms in total. The number of aliphatic hydroxyl groups is 1. The van der Waals surface area contributed by atoms with Gasteiger partial charge < -0.3 is 25.3 Å². The Kier molecular flexibility index (Phi) is 6.64. The molecule has 2 amide bonds. The highest BCUT2D eigenvalue weighted by molar-refractivity contribution is 5.79. The molecule has 0 bridgehead atoms. The first kappa shape index (κ1) is 16.7. The van der Waals surface area contributed by atoms with Gasteiger partial charge in [0.15, 0.2) is 5.60 Å². The summed E-state index contributed by atoms with van der Waals surface area (Å²) in [6, 6.07) is -0.393. The van der Waals surface area contributed by atoms with Gasteiger partial charge in [-0.3, -0.25) is 0 Å². The van der Waals surface area contributed by atoms with Crippen molar-refractivity contribution in [2.75, 3.05) is 40.8 Å². The van der Waals surface area contributed by atoms with Crippen molar-refractivity contribution >= 4 is 12.0 Å². The first-order valence-corrected chi connectivity index (χ1v) is 5.76. The van der Waals surface area contributed by atoms with E-state index in [2.05, 4.69) is 5.32 Å². The summed E-state index contributed by atoms with van der Waals surface area (Å²) in [5.41, 5.74) is -1.94. The lowest BCUT2D eigenvalue weighted by Crippen LogP contribution is -2.49. The lowest BCUT2D eigenvalue weighted by atomic mass is 10.1. The van der Waals surface area contributed by atoms with Crippen LogP contribution < -0.4 is 5.32 Å². The van der Waals surface area contributed by atoms with Crippen LogP contribution in [0.5, 0.6) is 0 Å². The van der Waals surface area contributed by atoms with Crippen molar-refractivity contribution in [3.05, 3.63) is 0 Å². The summed E-state index contributed by atoms with van der Waals surface area (Å²) >= 11 is 0. The second-order valence-corrected chi connectivity index (χ2v) is 4.82. The standard InChI is InChI=1S/C11H23N3O4/c1-11(18,9(15)16)8-12-10(17)14(4)7-5-6-13(2)3/h18H,5-8H2,1-4H3,(H,12,17)(H,15,16). The molecule has 0 aliphatic carbocycles. The molecule has 0 aromatic heterocycles. The maximum Gasteiger partial charge on any atom is 0.337 e. The molecule has 1 unspecified atom stereocenters. The van der Waals surface area contributed by atoms with Gasteiger partial charge in [0.05, 0.1) is 6.54 Å². The molecule has 0 spiro atoms. The molecule has 106 valence electrons. The molecule has 0 radical (unpaired) electrons. The summed E-state index contributed by atoms with van der Waals surface area (Å²) in [5, 5.41) is 20.5. The van der Waals surface area contributed by atoms with Gasteiger partial charge in [0.1, 0.15) is 0 Å². The Labute approximate surface area is 107 Å². The van der Waals surface area contributed by atoms with Gasteiger partial charge in [-0.15, -0.1) is 0 Å². The molecule has 0 heterocycles. The van der Waals surface area contributed by atoms with Crippen LogP contribution in [-0.2, 0) is 4.79 Å². The smallest absolute Gasteiger partial charge is 0.337 e. The topological polar surface area (TPSA) is 93.1 Å². The lowest BCUT2D eigenvalue weighted by molar-refractivity contribution is -0.155. The summed E-state index contributed by atoms with van der Waals surface area (Å²) in [4.78, 5) is 25.7. The van der Waals surface area contributed by atoms with Crippen LogP contribution in [0.1, 0.15) is 13.3 Å². The van der Waals surface area contributed by atoms with Gasteiger partial charge in [-0.1, -0.05) is 0 Å². The fraction of sp³-hybridized carbons (Fsp3) is 0.818. The summed E-state index contributed by atoms with van der Waals surface area (Å²) in [5.74, 6) is -1.36. The van der Waals surface area contributed by atoms with Crippen LogP contribution >= 0.6 is 0 Å². The molecule has 0 aromatic carbocycles. The van der Waals surface area contributed by atoms with Crippen LogP contribution in [0.4, 0.5) is 4.79 Å². The van der Waals surface area contributed by atoms with Gasteiger partial charge in [0.2, 0.25) is 0 Å². The van der Waals surface area contributed by atoms with Crippen molar-refractivity contribution in [1.29, 1.82) is 0 Å². The Morgan fingerprint density at radius 1 is 1.22 bits per heavy atom. The van der Waals surface area contributed by atoms with Crippen molar-refractivity contribution in [3.63, 3.8) is 0 Å². The van der Waals surface area contributed by atoms with E-state index in [0.717, 1.165) is 19.9 Å². The zero-order valence-electron chi connectivity index (χ0n) is 11.4. The molecule has 0 saturated carbocycles. The number of urea groups is 1. The van der Waals surface area contributed by atoms with Crippen molar-refractivity contribution in [2.24, 2.45) is 0 Å². The van der Waals surface area contributed by atoms with Crippen molar-refractivity contribution < 1.29 is 19.8 Å². The number of rotatable bonds is 7. The number of carbonyl (C=O) groups excluding carboxylic acids is 1. The molecule has 0 rings (SSSR count). The molecule has 0 aliphatic heterocycles. The second kappa shape index (κ2) is 7.17. The van der Waals surface area contributed by atoms with Crippen molar-refractivity contribution in [3.8, 4) is 0 Å². The molecule has 1 atom stereocenters. The van der Waals surface area contributed by atoms with Crippen LogP contribution in [0, 0.1) is 0 Å². The number of carbonyl (C=O) groups is 2. The van der Waals surface area contributed by atoms with Crippen LogP contribution in [0.3, 0.4) is 0 Å². The fourth-order valence-electron chi connectivity index (χ4n) is 1.18. The highest BCUT2D eigenvalue weighted by atomic mass is 16.4. The van der Waals surface area contributed by atoms with Gasteiger partial charge in [-0.2, -0.15) is 0 Å². The van der Waals surface area contributed by atoms with Crippen molar-refractivity contribution in [1.82, 2.24) is 15.1 Å². The number of carboxylic acid groups (broad SMARTS) is 1. The average Bonchev–Trinajstić information content (AvgIpc) is 2.25. The maximum atomic E-state index is 11.6. The minimum Gasteiger partial charge on any atom is -0.479 e. The van der Waals surface area contributed by atoms with E-state index in [1.807, 2.05) is 19.0 Å². The molecule has 3 N–H and O–H groups in total. The van der Waals surface area contributed by atoms with Crippen LogP contribution in [0.15, 0.2) is 0 Å². The first-order valence-electron chi connectivity index (χ1n) is 5.76. The number of nitrogens with one attached hydrogen (secondary N) is 1. The molecule has 7 heteroatoms. The number of aliphatic carboxylic acids is 1. The third kappa shape index (κ3) is 6.41. The normalized spacial score (nSPS) is 14.1. The lowest BCUT2D eigenvalue weighted by Gasteiger charge is -2.22. The van der Waals surface area contributed by atoms with E-state index in [9.17, 15) is 14.7 Å². The summed E-state index contributed by atoms with van der Waals surface area (Å²) in [7, 11) is 5.52. The van der Waals surface area contributed by atoms with Gasteiger partial charge in [-0.05, 0) is 34.0 Å². The zero-order chi connectivity index (χ0) is 14.3. The van der Waals surface area contributed by atoms with Crippen LogP contribution in [0.25, 0.3) is 0 Å². The SMILES string of the molecule is CN(C)CCCN(C)C(=O)NCC(C)(O)C(=O)O. The van der Waals surface area contributed by atoms with E-state index in [1.165, 1.54) is 4.90 Å². The average molecular weight is 261 g/mol. The van der Waals surface area contributed by atoms with Gasteiger partial charge in [0, 0.05) is 13.6 Å². The third-order valence-electron chi connectivity index (χ3n) is 2.49. The van der Waals surface area contributed by atoms with Gasteiger partial charge in [-0.25, -0.2) is 9.59 Å². The molecule has 0 aromatic rings. The number of hydrogen-bond acceptors (Lipinski definition) is 4. The second-order valence-electron chi connectivity index (χ2n) is 4.82. The fourth-order valence-corrected chi connectivity index (χ4v) is 1.18. The van der Waals surface area contributed by atoms with E-state index in [-0.39, 0.29) is 6.54 Å². The van der Waals surface area contributed by atoms with Crippen LogP contribution in [-0.4, -0.2) is 78.4 Å². The van der Waals surface area contributed by atoms with Gasteiger partial charge in [0.25, 0.3) is 0 Å². The van der Waals surface area contributed by atoms with E-state index in [4.69, 9.17) is 5.11 Å². The Balaban J connectivity index is 3.98. The minimum absolute atomic E-state index is 0.320. The highest BCUT2D eigenvalue weighted by Crippen LogP contribution is 2.01. The monoisotopic (exact) mass is 261 g/mol. The first-order chi connectivity index (χ1) is 8.16. The summed E-state index contributed by atoms with van der Waals surface area (Å²) in [6.07, 6.45) is 0.826. The molecule has 0 fully saturated rings. The molecule has 0 aliphatic rings. The zero-order valence-corrected chi connectivity index (χ0v) is 11.4. The number of nitrogens with zero attached hydrogens (tertiary/aromatic N) is 2. The van der Waals surface area contributed by atoms with E-state index in [0.29, 0.717) is 6.54 Å². The predicted octanol–water partition coefficient (Wildman–Crippen LogP) is -0.585. The molecule has 18 heavy (non-hydrogen) atoms. The number of hydrogen-bond donors (Lipinski definition) is 3. The molecular weight excluding hydrogens is 238 g/mol. The number of amides is 2. The third-order valence-corrected chi connectivity index (χ3v) is 2.49. The predicted molar refractivity (Wildman–Crippen MR) is 67.5 cm³/mol. The van der Waals surface area contributed by atoms with Gasteiger partial charge >= 0.3 is 12.0 Å². The van der Waals surface area contributed by atoms with E-state index < -0.39 is 17.6 Å². The van der Waals surface area contributed by atoms with E-state index >= 15 is 0 Å². The van der Waals surface area contributed by atoms with Crippen LogP contribution in [0.2, 0.25) is 0 Å². The number of carboxylic acids is 1. The Hall–Kier alpha value is -1.34. The minimum atomic E-state index is -1.94. The highest BCUT2D eigenvalue weighted by Gasteiger charge is 2.30. The Bertz CT molecular complexity index is 292. The quantitative estimate of drug-likeness (QED) is 0.570. The Morgan fingerprint density at radius 2 is 1.78 bits per heavy atom.